The average Bonchev–Trinajstić information content (AvgIpc) is 2.53. The van der Waals surface area contributed by atoms with Crippen molar-refractivity contribution in [2.75, 3.05) is 62.0 Å². The quantitative estimate of drug-likeness (QED) is 0.781. The van der Waals surface area contributed by atoms with E-state index in [2.05, 4.69) is 27.5 Å². The van der Waals surface area contributed by atoms with Crippen LogP contribution >= 0.6 is 11.8 Å². The van der Waals surface area contributed by atoms with Gasteiger partial charge in [0.2, 0.25) is 0 Å². The summed E-state index contributed by atoms with van der Waals surface area (Å²) in [4.78, 5) is 16.4. The monoisotopic (exact) mass is 340 g/mol. The molecule has 0 aliphatic carbocycles. The zero-order chi connectivity index (χ0) is 16.7. The number of urea groups is 1. The number of amides is 2. The lowest BCUT2D eigenvalue weighted by Gasteiger charge is -2.35. The van der Waals surface area contributed by atoms with Gasteiger partial charge in [0.15, 0.2) is 0 Å². The molecule has 0 radical (unpaired) electrons. The number of carbonyl (C=O) groups is 1. The maximum Gasteiger partial charge on any atom is 0.319 e. The predicted octanol–water partition coefficient (Wildman–Crippen LogP) is 2.45. The van der Waals surface area contributed by atoms with Crippen molar-refractivity contribution < 1.29 is 9.18 Å². The van der Waals surface area contributed by atoms with Gasteiger partial charge in [0.25, 0.3) is 0 Å². The van der Waals surface area contributed by atoms with Gasteiger partial charge in [-0.1, -0.05) is 0 Å². The van der Waals surface area contributed by atoms with Crippen LogP contribution in [0.2, 0.25) is 0 Å². The van der Waals surface area contributed by atoms with Gasteiger partial charge in [-0.25, -0.2) is 9.18 Å². The first-order valence-corrected chi connectivity index (χ1v) is 9.26. The molecule has 23 heavy (non-hydrogen) atoms. The first-order chi connectivity index (χ1) is 11.1. The van der Waals surface area contributed by atoms with Crippen LogP contribution in [0.4, 0.5) is 20.6 Å². The van der Waals surface area contributed by atoms with Crippen LogP contribution in [0, 0.1) is 5.82 Å². The molecular formula is C16H25FN4OS. The van der Waals surface area contributed by atoms with Gasteiger partial charge in [0.05, 0.1) is 11.4 Å². The fourth-order valence-electron chi connectivity index (χ4n) is 2.52. The van der Waals surface area contributed by atoms with Gasteiger partial charge >= 0.3 is 6.03 Å². The van der Waals surface area contributed by atoms with Crippen molar-refractivity contribution >= 4 is 29.2 Å². The number of nitrogens with one attached hydrogen (secondary N) is 2. The van der Waals surface area contributed by atoms with Gasteiger partial charge in [-0.05, 0) is 43.7 Å². The van der Waals surface area contributed by atoms with E-state index in [-0.39, 0.29) is 11.8 Å². The fraction of sp³-hybridized carbons (Fsp3) is 0.562. The zero-order valence-corrected chi connectivity index (χ0v) is 14.6. The van der Waals surface area contributed by atoms with Crippen molar-refractivity contribution in [1.29, 1.82) is 0 Å². The molecule has 0 unspecified atom stereocenters. The zero-order valence-electron chi connectivity index (χ0n) is 13.8. The average molecular weight is 340 g/mol. The van der Waals surface area contributed by atoms with Crippen molar-refractivity contribution in [1.82, 2.24) is 10.2 Å². The van der Waals surface area contributed by atoms with Gasteiger partial charge in [-0.3, -0.25) is 0 Å². The van der Waals surface area contributed by atoms with Gasteiger partial charge < -0.3 is 20.4 Å². The SMILES string of the molecule is CSCCCNC(=O)Nc1cc(F)ccc1N1CCN(C)CC1. The van der Waals surface area contributed by atoms with Crippen LogP contribution in [0.15, 0.2) is 18.2 Å². The van der Waals surface area contributed by atoms with E-state index in [1.165, 1.54) is 12.1 Å². The summed E-state index contributed by atoms with van der Waals surface area (Å²) in [5.41, 5.74) is 1.40. The van der Waals surface area contributed by atoms with Crippen molar-refractivity contribution in [3.05, 3.63) is 24.0 Å². The second kappa shape index (κ2) is 8.98. The van der Waals surface area contributed by atoms with Crippen LogP contribution in [-0.2, 0) is 0 Å². The molecule has 0 saturated carbocycles. The Bertz CT molecular complexity index is 521. The Morgan fingerprint density at radius 1 is 1.30 bits per heavy atom. The third-order valence-corrected chi connectivity index (χ3v) is 4.56. The van der Waals surface area contributed by atoms with Crippen LogP contribution in [0.25, 0.3) is 0 Å². The summed E-state index contributed by atoms with van der Waals surface area (Å²) >= 11 is 1.75. The fourth-order valence-corrected chi connectivity index (χ4v) is 2.95. The third kappa shape index (κ3) is 5.58. The van der Waals surface area contributed by atoms with Crippen LogP contribution in [-0.4, -0.2) is 62.7 Å². The highest BCUT2D eigenvalue weighted by atomic mass is 32.2. The van der Waals surface area contributed by atoms with Gasteiger partial charge in [0, 0.05) is 32.7 Å². The molecule has 2 rings (SSSR count). The standard InChI is InChI=1S/C16H25FN4OS/c1-20-7-9-21(10-8-20)15-5-4-13(17)12-14(15)19-16(22)18-6-3-11-23-2/h4-5,12H,3,6-11H2,1-2H3,(H2,18,19,22). The molecule has 1 aliphatic rings. The Balaban J connectivity index is 1.99. The number of benzene rings is 1. The minimum absolute atomic E-state index is 0.285. The van der Waals surface area contributed by atoms with Crippen molar-refractivity contribution in [2.24, 2.45) is 0 Å². The number of anilines is 2. The molecule has 2 N–H and O–H groups in total. The first-order valence-electron chi connectivity index (χ1n) is 7.87. The van der Waals surface area contributed by atoms with Crippen LogP contribution in [0.3, 0.4) is 0 Å². The minimum Gasteiger partial charge on any atom is -0.367 e. The van der Waals surface area contributed by atoms with Gasteiger partial charge in [0.1, 0.15) is 5.82 Å². The highest BCUT2D eigenvalue weighted by Crippen LogP contribution is 2.27. The molecule has 1 aliphatic heterocycles. The molecule has 0 spiro atoms. The Morgan fingerprint density at radius 2 is 2.04 bits per heavy atom. The third-order valence-electron chi connectivity index (χ3n) is 3.86. The molecule has 1 aromatic carbocycles. The van der Waals surface area contributed by atoms with Crippen molar-refractivity contribution in [3.63, 3.8) is 0 Å². The summed E-state index contributed by atoms with van der Waals surface area (Å²) < 4.78 is 13.6. The Hall–Kier alpha value is -1.47. The van der Waals surface area contributed by atoms with E-state index >= 15 is 0 Å². The minimum atomic E-state index is -0.347. The molecule has 0 bridgehead atoms. The molecule has 0 aromatic heterocycles. The Kier molecular flexibility index (Phi) is 6.98. The second-order valence-electron chi connectivity index (χ2n) is 5.68. The molecule has 128 valence electrons. The number of halogens is 1. The number of thioether (sulfide) groups is 1. The number of rotatable bonds is 6. The van der Waals surface area contributed by atoms with E-state index in [0.29, 0.717) is 12.2 Å². The second-order valence-corrected chi connectivity index (χ2v) is 6.66. The Morgan fingerprint density at radius 3 is 2.74 bits per heavy atom. The van der Waals surface area contributed by atoms with E-state index < -0.39 is 0 Å². The largest absolute Gasteiger partial charge is 0.367 e. The van der Waals surface area contributed by atoms with Gasteiger partial charge in [-0.2, -0.15) is 11.8 Å². The number of hydrogen-bond donors (Lipinski definition) is 2. The van der Waals surface area contributed by atoms with Gasteiger partial charge in [-0.15, -0.1) is 0 Å². The van der Waals surface area contributed by atoms with Crippen LogP contribution < -0.4 is 15.5 Å². The number of likely N-dealkylation sites (N-methyl/N-ethyl adjacent to an activating group) is 1. The predicted molar refractivity (Wildman–Crippen MR) is 96.1 cm³/mol. The summed E-state index contributed by atoms with van der Waals surface area (Å²) in [7, 11) is 2.09. The van der Waals surface area contributed by atoms with Crippen LogP contribution in [0.1, 0.15) is 6.42 Å². The van der Waals surface area contributed by atoms with E-state index in [0.717, 1.165) is 44.0 Å². The van der Waals surface area contributed by atoms with Crippen molar-refractivity contribution in [2.45, 2.75) is 6.42 Å². The summed E-state index contributed by atoms with van der Waals surface area (Å²) in [6.45, 7) is 4.26. The topological polar surface area (TPSA) is 47.6 Å². The van der Waals surface area contributed by atoms with E-state index in [1.54, 1.807) is 17.8 Å². The highest BCUT2D eigenvalue weighted by Gasteiger charge is 2.18. The maximum atomic E-state index is 13.6. The summed E-state index contributed by atoms with van der Waals surface area (Å²) in [5.74, 6) is 0.660. The highest BCUT2D eigenvalue weighted by molar-refractivity contribution is 7.98. The lowest BCUT2D eigenvalue weighted by atomic mass is 10.2. The normalized spacial score (nSPS) is 15.5. The van der Waals surface area contributed by atoms with E-state index in [9.17, 15) is 9.18 Å². The summed E-state index contributed by atoms with van der Waals surface area (Å²) in [6.07, 6.45) is 2.96. The van der Waals surface area contributed by atoms with E-state index in [1.807, 2.05) is 6.26 Å². The molecule has 2 amide bonds. The smallest absolute Gasteiger partial charge is 0.319 e. The summed E-state index contributed by atoms with van der Waals surface area (Å²) in [5, 5.41) is 5.59. The molecule has 5 nitrogen and oxygen atoms in total. The number of carbonyl (C=O) groups excluding carboxylic acids is 1. The maximum absolute atomic E-state index is 13.6. The number of hydrogen-bond acceptors (Lipinski definition) is 4. The van der Waals surface area contributed by atoms with Crippen LogP contribution in [0.5, 0.6) is 0 Å². The summed E-state index contributed by atoms with van der Waals surface area (Å²) in [6, 6.07) is 4.28. The lowest BCUT2D eigenvalue weighted by Crippen LogP contribution is -2.44. The molecular weight excluding hydrogens is 315 g/mol. The lowest BCUT2D eigenvalue weighted by molar-refractivity contribution is 0.252. The first kappa shape index (κ1) is 17.9. The number of piperazine rings is 1. The molecule has 7 heteroatoms. The molecule has 1 heterocycles. The van der Waals surface area contributed by atoms with E-state index in [4.69, 9.17) is 0 Å². The molecule has 1 fully saturated rings. The van der Waals surface area contributed by atoms with Crippen molar-refractivity contribution in [3.8, 4) is 0 Å². The Labute approximate surface area is 141 Å². The molecule has 1 aromatic rings. The molecule has 0 atom stereocenters. The number of nitrogens with zero attached hydrogens (tertiary/aromatic N) is 2. The molecule has 1 saturated heterocycles.